The van der Waals surface area contributed by atoms with Crippen LogP contribution in [0, 0.1) is 6.92 Å². The highest BCUT2D eigenvalue weighted by molar-refractivity contribution is 6.31. The molecule has 1 aromatic carbocycles. The average Bonchev–Trinajstić information content (AvgIpc) is 2.80. The Hall–Kier alpha value is -1.07. The second-order valence-electron chi connectivity index (χ2n) is 4.50. The molecule has 1 heterocycles. The van der Waals surface area contributed by atoms with Gasteiger partial charge in [-0.1, -0.05) is 35.3 Å². The molecule has 108 valence electrons. The van der Waals surface area contributed by atoms with Gasteiger partial charge >= 0.3 is 0 Å². The molecule has 2 aromatic rings. The van der Waals surface area contributed by atoms with E-state index in [0.29, 0.717) is 28.9 Å². The maximum atomic E-state index is 10.5. The third-order valence-electron chi connectivity index (χ3n) is 3.10. The first-order chi connectivity index (χ1) is 9.54. The van der Waals surface area contributed by atoms with Gasteiger partial charge in [-0.25, -0.2) is 0 Å². The largest absolute Gasteiger partial charge is 0.383 e. The number of ether oxygens (including phenoxy) is 1. The minimum Gasteiger partial charge on any atom is -0.383 e. The molecule has 2 rings (SSSR count). The smallest absolute Gasteiger partial charge is 0.122 e. The van der Waals surface area contributed by atoms with Crippen molar-refractivity contribution in [3.05, 3.63) is 51.3 Å². The standard InChI is InChI=1S/C14H16Cl2N2O2/c1-9-7-10(3-4-11(9)15)14(19)13-12(16)8-17-18(13)5-6-20-2/h3-4,7-8,14,19H,5-6H2,1-2H3. The highest BCUT2D eigenvalue weighted by atomic mass is 35.5. The van der Waals surface area contributed by atoms with Gasteiger partial charge in [0.1, 0.15) is 6.10 Å². The summed E-state index contributed by atoms with van der Waals surface area (Å²) in [4.78, 5) is 0. The fourth-order valence-electron chi connectivity index (χ4n) is 2.00. The van der Waals surface area contributed by atoms with Gasteiger partial charge < -0.3 is 9.84 Å². The lowest BCUT2D eigenvalue weighted by Gasteiger charge is -2.15. The quantitative estimate of drug-likeness (QED) is 0.921. The zero-order valence-electron chi connectivity index (χ0n) is 11.3. The molecule has 1 unspecified atom stereocenters. The Morgan fingerprint density at radius 3 is 2.75 bits per heavy atom. The number of aryl methyl sites for hydroxylation is 1. The molecular weight excluding hydrogens is 299 g/mol. The Morgan fingerprint density at radius 2 is 2.10 bits per heavy atom. The van der Waals surface area contributed by atoms with Crippen molar-refractivity contribution in [1.29, 1.82) is 0 Å². The fraction of sp³-hybridized carbons (Fsp3) is 0.357. The van der Waals surface area contributed by atoms with Gasteiger partial charge in [0.2, 0.25) is 0 Å². The van der Waals surface area contributed by atoms with E-state index in [9.17, 15) is 5.11 Å². The number of aromatic nitrogens is 2. The van der Waals surface area contributed by atoms with Gasteiger partial charge in [-0.2, -0.15) is 5.10 Å². The highest BCUT2D eigenvalue weighted by Gasteiger charge is 2.20. The van der Waals surface area contributed by atoms with Crippen molar-refractivity contribution in [2.45, 2.75) is 19.6 Å². The molecule has 1 aromatic heterocycles. The third-order valence-corrected chi connectivity index (χ3v) is 3.81. The number of halogens is 2. The van der Waals surface area contributed by atoms with Crippen LogP contribution in [0.5, 0.6) is 0 Å². The summed E-state index contributed by atoms with van der Waals surface area (Å²) in [6.45, 7) is 2.92. The van der Waals surface area contributed by atoms with Crippen LogP contribution in [0.3, 0.4) is 0 Å². The molecular formula is C14H16Cl2N2O2. The Balaban J connectivity index is 2.34. The minimum atomic E-state index is -0.849. The number of nitrogens with zero attached hydrogens (tertiary/aromatic N) is 2. The lowest BCUT2D eigenvalue weighted by atomic mass is 10.0. The fourth-order valence-corrected chi connectivity index (χ4v) is 2.36. The molecule has 1 N–H and O–H groups in total. The molecule has 0 saturated heterocycles. The number of methoxy groups -OCH3 is 1. The molecule has 4 nitrogen and oxygen atoms in total. The first kappa shape index (κ1) is 15.3. The van der Waals surface area contributed by atoms with Gasteiger partial charge in [-0.3, -0.25) is 4.68 Å². The number of benzene rings is 1. The number of rotatable bonds is 5. The molecule has 20 heavy (non-hydrogen) atoms. The molecule has 0 spiro atoms. The van der Waals surface area contributed by atoms with E-state index >= 15 is 0 Å². The minimum absolute atomic E-state index is 0.432. The molecule has 0 bridgehead atoms. The summed E-state index contributed by atoms with van der Waals surface area (Å²) >= 11 is 12.1. The summed E-state index contributed by atoms with van der Waals surface area (Å²) in [5.74, 6) is 0. The molecule has 0 fully saturated rings. The van der Waals surface area contributed by atoms with Crippen LogP contribution in [0.25, 0.3) is 0 Å². The van der Waals surface area contributed by atoms with Gasteiger partial charge in [-0.15, -0.1) is 0 Å². The van der Waals surface area contributed by atoms with E-state index in [2.05, 4.69) is 5.10 Å². The summed E-state index contributed by atoms with van der Waals surface area (Å²) < 4.78 is 6.68. The van der Waals surface area contributed by atoms with Gasteiger partial charge in [0.25, 0.3) is 0 Å². The normalized spacial score (nSPS) is 12.7. The van der Waals surface area contributed by atoms with Gasteiger partial charge in [0.15, 0.2) is 0 Å². The third kappa shape index (κ3) is 3.15. The number of aliphatic hydroxyl groups excluding tert-OH is 1. The number of hydrogen-bond donors (Lipinski definition) is 1. The summed E-state index contributed by atoms with van der Waals surface area (Å²) in [7, 11) is 1.61. The van der Waals surface area contributed by atoms with Crippen LogP contribution in [0.1, 0.15) is 22.9 Å². The monoisotopic (exact) mass is 314 g/mol. The van der Waals surface area contributed by atoms with E-state index in [-0.39, 0.29) is 0 Å². The predicted octanol–water partition coefficient (Wildman–Crippen LogP) is 3.23. The molecule has 0 aliphatic heterocycles. The number of hydrogen-bond acceptors (Lipinski definition) is 3. The summed E-state index contributed by atoms with van der Waals surface area (Å²) in [6.07, 6.45) is 0.677. The van der Waals surface area contributed by atoms with Crippen molar-refractivity contribution in [1.82, 2.24) is 9.78 Å². The van der Waals surface area contributed by atoms with Crippen LogP contribution in [0.15, 0.2) is 24.4 Å². The van der Waals surface area contributed by atoms with E-state index in [1.807, 2.05) is 13.0 Å². The molecule has 0 amide bonds. The van der Waals surface area contributed by atoms with Crippen LogP contribution in [0.2, 0.25) is 10.0 Å². The van der Waals surface area contributed by atoms with Crippen molar-refractivity contribution in [3.63, 3.8) is 0 Å². The predicted molar refractivity (Wildman–Crippen MR) is 79.4 cm³/mol. The van der Waals surface area contributed by atoms with Crippen molar-refractivity contribution < 1.29 is 9.84 Å². The number of aliphatic hydroxyl groups is 1. The Bertz CT molecular complexity index is 599. The lowest BCUT2D eigenvalue weighted by Crippen LogP contribution is -2.13. The zero-order chi connectivity index (χ0) is 14.7. The topological polar surface area (TPSA) is 47.3 Å². The van der Waals surface area contributed by atoms with E-state index in [0.717, 1.165) is 11.1 Å². The molecule has 0 aliphatic rings. The lowest BCUT2D eigenvalue weighted by molar-refractivity contribution is 0.171. The van der Waals surface area contributed by atoms with Crippen molar-refractivity contribution >= 4 is 23.2 Å². The second-order valence-corrected chi connectivity index (χ2v) is 5.32. The van der Waals surface area contributed by atoms with Crippen LogP contribution < -0.4 is 0 Å². The molecule has 0 radical (unpaired) electrons. The highest BCUT2D eigenvalue weighted by Crippen LogP contribution is 2.30. The maximum absolute atomic E-state index is 10.5. The van der Waals surface area contributed by atoms with E-state index in [4.69, 9.17) is 27.9 Å². The Morgan fingerprint density at radius 1 is 1.35 bits per heavy atom. The molecule has 0 saturated carbocycles. The zero-order valence-corrected chi connectivity index (χ0v) is 12.8. The van der Waals surface area contributed by atoms with Gasteiger partial charge in [0.05, 0.1) is 30.1 Å². The van der Waals surface area contributed by atoms with Gasteiger partial charge in [-0.05, 0) is 24.1 Å². The molecule has 6 heteroatoms. The Labute approximate surface area is 127 Å². The van der Waals surface area contributed by atoms with Crippen molar-refractivity contribution in [2.75, 3.05) is 13.7 Å². The summed E-state index contributed by atoms with van der Waals surface area (Å²) in [6, 6.07) is 5.39. The second kappa shape index (κ2) is 6.59. The van der Waals surface area contributed by atoms with E-state index in [1.165, 1.54) is 6.20 Å². The Kier molecular flexibility index (Phi) is 5.05. The SMILES string of the molecule is COCCn1ncc(Cl)c1C(O)c1ccc(Cl)c(C)c1. The molecule has 1 atom stereocenters. The van der Waals surface area contributed by atoms with Crippen LogP contribution in [-0.4, -0.2) is 28.6 Å². The van der Waals surface area contributed by atoms with Gasteiger partial charge in [0, 0.05) is 12.1 Å². The first-order valence-electron chi connectivity index (χ1n) is 6.19. The average molecular weight is 315 g/mol. The van der Waals surface area contributed by atoms with Crippen molar-refractivity contribution in [2.24, 2.45) is 0 Å². The van der Waals surface area contributed by atoms with E-state index < -0.39 is 6.10 Å². The van der Waals surface area contributed by atoms with Crippen LogP contribution in [0.4, 0.5) is 0 Å². The van der Waals surface area contributed by atoms with Crippen LogP contribution in [-0.2, 0) is 11.3 Å². The molecule has 0 aliphatic carbocycles. The van der Waals surface area contributed by atoms with E-state index in [1.54, 1.807) is 23.9 Å². The maximum Gasteiger partial charge on any atom is 0.122 e. The van der Waals surface area contributed by atoms with Crippen molar-refractivity contribution in [3.8, 4) is 0 Å². The summed E-state index contributed by atoms with van der Waals surface area (Å²) in [5.41, 5.74) is 2.20. The summed E-state index contributed by atoms with van der Waals surface area (Å²) in [5, 5.41) is 15.8. The van der Waals surface area contributed by atoms with Crippen LogP contribution >= 0.6 is 23.2 Å². The first-order valence-corrected chi connectivity index (χ1v) is 6.94.